The van der Waals surface area contributed by atoms with Gasteiger partial charge in [0, 0.05) is 0 Å². The van der Waals surface area contributed by atoms with E-state index in [1.807, 2.05) is 6.92 Å². The maximum Gasteiger partial charge on any atom is 0.155 e. The minimum Gasteiger partial charge on any atom is -0.349 e. The molecule has 0 aliphatic heterocycles. The van der Waals surface area contributed by atoms with Gasteiger partial charge in [-0.1, -0.05) is 37.1 Å². The Labute approximate surface area is 100 Å². The van der Waals surface area contributed by atoms with E-state index in [9.17, 15) is 0 Å². The number of hydrogen-bond acceptors (Lipinski definition) is 2. The van der Waals surface area contributed by atoms with Gasteiger partial charge in [-0.2, -0.15) is 0 Å². The van der Waals surface area contributed by atoms with Crippen LogP contribution in [0.1, 0.15) is 47.5 Å². The molecule has 0 heterocycles. The molecule has 0 N–H and O–H groups in total. The first kappa shape index (κ1) is 15.4. The summed E-state index contributed by atoms with van der Waals surface area (Å²) in [5, 5.41) is 0. The summed E-state index contributed by atoms with van der Waals surface area (Å²) in [5.41, 5.74) is 2.53. The molecule has 2 nitrogen and oxygen atoms in total. The Morgan fingerprint density at radius 3 is 1.62 bits per heavy atom. The maximum atomic E-state index is 5.57. The third-order valence-electron chi connectivity index (χ3n) is 2.20. The third-order valence-corrected chi connectivity index (χ3v) is 2.20. The number of allylic oxidation sites excluding steroid dienone is 2. The predicted octanol–water partition coefficient (Wildman–Crippen LogP) is 4.08. The molecule has 16 heavy (non-hydrogen) atoms. The first-order chi connectivity index (χ1) is 7.60. The highest BCUT2D eigenvalue weighted by molar-refractivity contribution is 4.98. The largest absolute Gasteiger partial charge is 0.349 e. The summed E-state index contributed by atoms with van der Waals surface area (Å²) in [6, 6.07) is 0. The highest BCUT2D eigenvalue weighted by Crippen LogP contribution is 2.03. The molecule has 0 radical (unpaired) electrons. The molecule has 0 aromatic carbocycles. The third kappa shape index (κ3) is 8.69. The van der Waals surface area contributed by atoms with Gasteiger partial charge in [-0.05, 0) is 33.6 Å². The second-order valence-electron chi connectivity index (χ2n) is 4.11. The molecule has 0 aromatic rings. The summed E-state index contributed by atoms with van der Waals surface area (Å²) < 4.78 is 11.1. The van der Waals surface area contributed by atoms with Gasteiger partial charge in [0.25, 0.3) is 0 Å². The van der Waals surface area contributed by atoms with Crippen molar-refractivity contribution in [3.8, 4) is 0 Å². The van der Waals surface area contributed by atoms with Gasteiger partial charge >= 0.3 is 0 Å². The molecule has 0 spiro atoms. The summed E-state index contributed by atoms with van der Waals surface area (Å²) in [7, 11) is 0. The number of ether oxygens (including phenoxy) is 2. The smallest absolute Gasteiger partial charge is 0.155 e. The van der Waals surface area contributed by atoms with Crippen LogP contribution in [0.4, 0.5) is 0 Å². The van der Waals surface area contributed by atoms with Gasteiger partial charge in [-0.25, -0.2) is 0 Å². The fourth-order valence-corrected chi connectivity index (χ4v) is 1.36. The molecular formula is C14H26O2. The molecule has 94 valence electrons. The first-order valence-electron chi connectivity index (χ1n) is 6.14. The fraction of sp³-hybridized carbons (Fsp3) is 0.714. The van der Waals surface area contributed by atoms with E-state index >= 15 is 0 Å². The second kappa shape index (κ2) is 9.61. The summed E-state index contributed by atoms with van der Waals surface area (Å²) in [4.78, 5) is 0. The summed E-state index contributed by atoms with van der Waals surface area (Å²) in [6.07, 6.45) is 6.33. The Hall–Kier alpha value is -0.600. The fourth-order valence-electron chi connectivity index (χ4n) is 1.36. The van der Waals surface area contributed by atoms with Crippen LogP contribution < -0.4 is 0 Å². The van der Waals surface area contributed by atoms with Crippen LogP contribution in [-0.2, 0) is 9.47 Å². The van der Waals surface area contributed by atoms with Crippen LogP contribution in [0.15, 0.2) is 23.3 Å². The van der Waals surface area contributed by atoms with E-state index in [-0.39, 0.29) is 6.29 Å². The van der Waals surface area contributed by atoms with E-state index in [1.165, 1.54) is 11.1 Å². The molecule has 0 unspecified atom stereocenters. The number of hydrogen-bond donors (Lipinski definition) is 0. The van der Waals surface area contributed by atoms with Crippen LogP contribution in [-0.4, -0.2) is 19.5 Å². The van der Waals surface area contributed by atoms with Crippen molar-refractivity contribution in [2.45, 2.75) is 53.8 Å². The Balaban J connectivity index is 3.70. The molecule has 0 saturated heterocycles. The van der Waals surface area contributed by atoms with Crippen molar-refractivity contribution in [1.29, 1.82) is 0 Å². The van der Waals surface area contributed by atoms with Crippen LogP contribution in [0.3, 0.4) is 0 Å². The topological polar surface area (TPSA) is 18.5 Å². The van der Waals surface area contributed by atoms with E-state index in [2.05, 4.69) is 39.8 Å². The molecule has 0 aliphatic carbocycles. The van der Waals surface area contributed by atoms with Crippen LogP contribution in [0.5, 0.6) is 0 Å². The molecule has 0 bridgehead atoms. The Bertz CT molecular complexity index is 205. The van der Waals surface area contributed by atoms with Crippen molar-refractivity contribution >= 4 is 0 Å². The lowest BCUT2D eigenvalue weighted by Crippen LogP contribution is -2.15. The molecule has 0 saturated carbocycles. The van der Waals surface area contributed by atoms with E-state index in [0.717, 1.165) is 12.8 Å². The van der Waals surface area contributed by atoms with Gasteiger partial charge in [-0.3, -0.25) is 0 Å². The van der Waals surface area contributed by atoms with Crippen molar-refractivity contribution in [2.24, 2.45) is 0 Å². The van der Waals surface area contributed by atoms with Crippen molar-refractivity contribution in [3.63, 3.8) is 0 Å². The van der Waals surface area contributed by atoms with Gasteiger partial charge in [0.15, 0.2) is 6.29 Å². The zero-order valence-corrected chi connectivity index (χ0v) is 11.4. The predicted molar refractivity (Wildman–Crippen MR) is 69.5 cm³/mol. The van der Waals surface area contributed by atoms with Gasteiger partial charge in [-0.15, -0.1) is 0 Å². The van der Waals surface area contributed by atoms with Gasteiger partial charge in [0.1, 0.15) is 0 Å². The molecule has 0 amide bonds. The average molecular weight is 226 g/mol. The van der Waals surface area contributed by atoms with Crippen molar-refractivity contribution in [1.82, 2.24) is 0 Å². The van der Waals surface area contributed by atoms with Crippen LogP contribution in [0, 0.1) is 0 Å². The van der Waals surface area contributed by atoms with E-state index in [4.69, 9.17) is 9.47 Å². The molecule has 0 rings (SSSR count). The zero-order chi connectivity index (χ0) is 12.4. The van der Waals surface area contributed by atoms with E-state index in [1.54, 1.807) is 0 Å². The minimum atomic E-state index is -0.139. The van der Waals surface area contributed by atoms with Crippen LogP contribution in [0.2, 0.25) is 0 Å². The lowest BCUT2D eigenvalue weighted by Gasteiger charge is -2.14. The maximum absolute atomic E-state index is 5.57. The SMILES string of the molecule is CC/C=C(\C)COC(C)OC/C(C)=C/CC. The lowest BCUT2D eigenvalue weighted by molar-refractivity contribution is -0.117. The molecule has 0 atom stereocenters. The van der Waals surface area contributed by atoms with Crippen molar-refractivity contribution in [3.05, 3.63) is 23.3 Å². The van der Waals surface area contributed by atoms with E-state index in [0.29, 0.717) is 13.2 Å². The lowest BCUT2D eigenvalue weighted by atomic mass is 10.2. The summed E-state index contributed by atoms with van der Waals surface area (Å²) >= 11 is 0. The first-order valence-corrected chi connectivity index (χ1v) is 6.14. The Morgan fingerprint density at radius 2 is 1.31 bits per heavy atom. The Morgan fingerprint density at radius 1 is 0.938 bits per heavy atom. The second-order valence-corrected chi connectivity index (χ2v) is 4.11. The minimum absolute atomic E-state index is 0.139. The molecular weight excluding hydrogens is 200 g/mol. The Kier molecular flexibility index (Phi) is 9.25. The van der Waals surface area contributed by atoms with Crippen molar-refractivity contribution < 1.29 is 9.47 Å². The van der Waals surface area contributed by atoms with Crippen LogP contribution in [0.25, 0.3) is 0 Å². The normalized spacial score (nSPS) is 15.3. The zero-order valence-electron chi connectivity index (χ0n) is 11.4. The van der Waals surface area contributed by atoms with Gasteiger partial charge in [0.2, 0.25) is 0 Å². The monoisotopic (exact) mass is 226 g/mol. The summed E-state index contributed by atoms with van der Waals surface area (Å²) in [6.45, 7) is 11.7. The molecule has 0 aliphatic rings. The highest BCUT2D eigenvalue weighted by atomic mass is 16.7. The van der Waals surface area contributed by atoms with Crippen LogP contribution >= 0.6 is 0 Å². The molecule has 0 aromatic heterocycles. The molecule has 2 heteroatoms. The average Bonchev–Trinajstić information content (AvgIpc) is 2.24. The van der Waals surface area contributed by atoms with Gasteiger partial charge < -0.3 is 9.47 Å². The summed E-state index contributed by atoms with van der Waals surface area (Å²) in [5.74, 6) is 0. The van der Waals surface area contributed by atoms with Gasteiger partial charge in [0.05, 0.1) is 13.2 Å². The van der Waals surface area contributed by atoms with E-state index < -0.39 is 0 Å². The quantitative estimate of drug-likeness (QED) is 0.458. The number of rotatable bonds is 8. The van der Waals surface area contributed by atoms with Crippen molar-refractivity contribution in [2.75, 3.05) is 13.2 Å². The highest BCUT2D eigenvalue weighted by Gasteiger charge is 2.02. The molecule has 0 fully saturated rings. The standard InChI is InChI=1S/C14H26O2/c1-6-8-12(3)10-15-14(5)16-11-13(4)9-7-2/h8-9,14H,6-7,10-11H2,1-5H3/b12-8+,13-9+.